The number of benzene rings is 2. The predicted molar refractivity (Wildman–Crippen MR) is 114 cm³/mol. The fourth-order valence-corrected chi connectivity index (χ4v) is 4.91. The van der Waals surface area contributed by atoms with Crippen LogP contribution in [0.5, 0.6) is 0 Å². The quantitative estimate of drug-likeness (QED) is 0.620. The first-order valence-corrected chi connectivity index (χ1v) is 10.7. The maximum absolute atomic E-state index is 13.3. The number of halogens is 2. The van der Waals surface area contributed by atoms with E-state index in [4.69, 9.17) is 0 Å². The lowest BCUT2D eigenvalue weighted by Crippen LogP contribution is -2.48. The third-order valence-corrected chi connectivity index (χ3v) is 6.70. The molecular weight excluding hydrogens is 456 g/mol. The molecular formula is C21H22Br2N2O. The second-order valence-electron chi connectivity index (χ2n) is 7.19. The average molecular weight is 478 g/mol. The van der Waals surface area contributed by atoms with Gasteiger partial charge in [-0.05, 0) is 62.1 Å². The van der Waals surface area contributed by atoms with Crippen LogP contribution >= 0.6 is 31.9 Å². The Morgan fingerprint density at radius 1 is 0.846 bits per heavy atom. The normalized spacial score (nSPS) is 17.8. The summed E-state index contributed by atoms with van der Waals surface area (Å²) in [7, 11) is 0. The zero-order valence-electron chi connectivity index (χ0n) is 15.0. The van der Waals surface area contributed by atoms with E-state index in [-0.39, 0.29) is 17.9 Å². The van der Waals surface area contributed by atoms with Crippen molar-refractivity contribution in [3.63, 3.8) is 0 Å². The standard InChI is InChI=1S/C21H22Br2N2O/c1-13(24-9-7-15-3-5-17(22)11-19(15)24)21(26)14(2)25-10-8-16-4-6-18(23)12-20(16)25/h3-6,11-14H,7-10H2,1-2H3. The number of Topliss-reactive ketones (excluding diaryl/α,β-unsaturated/α-hetero) is 1. The van der Waals surface area contributed by atoms with Crippen LogP contribution in [-0.2, 0) is 17.6 Å². The summed E-state index contributed by atoms with van der Waals surface area (Å²) in [5.41, 5.74) is 5.04. The van der Waals surface area contributed by atoms with Gasteiger partial charge in [0.15, 0.2) is 5.78 Å². The average Bonchev–Trinajstić information content (AvgIpc) is 3.23. The van der Waals surface area contributed by atoms with Gasteiger partial charge in [0.25, 0.3) is 0 Å². The van der Waals surface area contributed by atoms with Gasteiger partial charge >= 0.3 is 0 Å². The van der Waals surface area contributed by atoms with Crippen LogP contribution in [0, 0.1) is 0 Å². The minimum atomic E-state index is -0.128. The van der Waals surface area contributed by atoms with Gasteiger partial charge in [-0.2, -0.15) is 0 Å². The van der Waals surface area contributed by atoms with E-state index >= 15 is 0 Å². The summed E-state index contributed by atoms with van der Waals surface area (Å²) in [5.74, 6) is 0.283. The molecule has 0 saturated carbocycles. The molecule has 0 radical (unpaired) electrons. The largest absolute Gasteiger partial charge is 0.361 e. The highest BCUT2D eigenvalue weighted by molar-refractivity contribution is 9.10. The van der Waals surface area contributed by atoms with Crippen molar-refractivity contribution in [2.75, 3.05) is 22.9 Å². The van der Waals surface area contributed by atoms with Crippen molar-refractivity contribution >= 4 is 49.0 Å². The van der Waals surface area contributed by atoms with Crippen LogP contribution in [0.25, 0.3) is 0 Å². The van der Waals surface area contributed by atoms with Gasteiger partial charge in [0.1, 0.15) is 0 Å². The number of hydrogen-bond donors (Lipinski definition) is 0. The van der Waals surface area contributed by atoms with E-state index < -0.39 is 0 Å². The minimum absolute atomic E-state index is 0.128. The smallest absolute Gasteiger partial charge is 0.176 e. The Morgan fingerprint density at radius 3 is 1.69 bits per heavy atom. The Bertz CT molecular complexity index is 798. The summed E-state index contributed by atoms with van der Waals surface area (Å²) in [6.45, 7) is 5.92. The maximum atomic E-state index is 13.3. The molecule has 0 saturated heterocycles. The van der Waals surface area contributed by atoms with Crippen molar-refractivity contribution in [3.8, 4) is 0 Å². The summed E-state index contributed by atoms with van der Waals surface area (Å²) in [6.07, 6.45) is 2.02. The molecule has 0 aliphatic carbocycles. The Morgan fingerprint density at radius 2 is 1.27 bits per heavy atom. The van der Waals surface area contributed by atoms with Gasteiger partial charge < -0.3 is 9.80 Å². The van der Waals surface area contributed by atoms with Gasteiger partial charge in [0.05, 0.1) is 12.1 Å². The number of carbonyl (C=O) groups excluding carboxylic acids is 1. The van der Waals surface area contributed by atoms with Gasteiger partial charge in [-0.3, -0.25) is 4.79 Å². The Kier molecular flexibility index (Phi) is 4.86. The Balaban J connectivity index is 1.56. The Labute approximate surface area is 171 Å². The van der Waals surface area contributed by atoms with Gasteiger partial charge in [-0.15, -0.1) is 0 Å². The van der Waals surface area contributed by atoms with E-state index in [0.29, 0.717) is 0 Å². The predicted octanol–water partition coefficient (Wildman–Crippen LogP) is 4.98. The molecule has 4 rings (SSSR count). The summed E-state index contributed by atoms with van der Waals surface area (Å²) in [5, 5.41) is 0. The molecule has 0 N–H and O–H groups in total. The monoisotopic (exact) mass is 476 g/mol. The molecule has 2 aromatic carbocycles. The second kappa shape index (κ2) is 7.01. The summed E-state index contributed by atoms with van der Waals surface area (Å²) < 4.78 is 2.13. The first-order chi connectivity index (χ1) is 12.5. The molecule has 136 valence electrons. The van der Waals surface area contributed by atoms with Crippen molar-refractivity contribution in [2.45, 2.75) is 38.8 Å². The summed E-state index contributed by atoms with van der Waals surface area (Å²) in [4.78, 5) is 17.8. The van der Waals surface area contributed by atoms with Crippen LogP contribution < -0.4 is 9.80 Å². The SMILES string of the molecule is CC(C(=O)C(C)N1CCc2ccc(Br)cc21)N1CCc2ccc(Br)cc21. The fraction of sp³-hybridized carbons (Fsp3) is 0.381. The first kappa shape index (κ1) is 18.1. The highest BCUT2D eigenvalue weighted by Gasteiger charge is 2.34. The summed E-state index contributed by atoms with van der Waals surface area (Å²) >= 11 is 7.12. The second-order valence-corrected chi connectivity index (χ2v) is 9.02. The zero-order valence-corrected chi connectivity index (χ0v) is 18.2. The molecule has 0 spiro atoms. The molecule has 5 heteroatoms. The Hall–Kier alpha value is -1.33. The molecule has 2 aliphatic rings. The van der Waals surface area contributed by atoms with Crippen molar-refractivity contribution in [3.05, 3.63) is 56.5 Å². The highest BCUT2D eigenvalue weighted by atomic mass is 79.9. The van der Waals surface area contributed by atoms with E-state index in [1.165, 1.54) is 22.5 Å². The lowest BCUT2D eigenvalue weighted by molar-refractivity contribution is -0.120. The number of rotatable bonds is 4. The van der Waals surface area contributed by atoms with Gasteiger partial charge in [0, 0.05) is 33.4 Å². The van der Waals surface area contributed by atoms with E-state index in [2.05, 4.69) is 78.1 Å². The van der Waals surface area contributed by atoms with Crippen LogP contribution in [0.3, 0.4) is 0 Å². The van der Waals surface area contributed by atoms with Crippen molar-refractivity contribution < 1.29 is 4.79 Å². The minimum Gasteiger partial charge on any atom is -0.361 e. The van der Waals surface area contributed by atoms with Crippen LogP contribution in [0.15, 0.2) is 45.3 Å². The zero-order chi connectivity index (χ0) is 18.4. The fourth-order valence-electron chi connectivity index (χ4n) is 4.22. The topological polar surface area (TPSA) is 23.6 Å². The molecule has 26 heavy (non-hydrogen) atoms. The lowest BCUT2D eigenvalue weighted by Gasteiger charge is -2.33. The maximum Gasteiger partial charge on any atom is 0.176 e. The number of anilines is 2. The number of nitrogens with zero attached hydrogens (tertiary/aromatic N) is 2. The lowest BCUT2D eigenvalue weighted by atomic mass is 10.0. The van der Waals surface area contributed by atoms with Crippen LogP contribution in [0.1, 0.15) is 25.0 Å². The molecule has 2 aliphatic heterocycles. The summed E-state index contributed by atoms with van der Waals surface area (Å²) in [6, 6.07) is 12.5. The van der Waals surface area contributed by atoms with E-state index in [1.807, 2.05) is 13.8 Å². The first-order valence-electron chi connectivity index (χ1n) is 9.09. The number of ketones is 1. The van der Waals surface area contributed by atoms with Crippen LogP contribution in [-0.4, -0.2) is 31.0 Å². The molecule has 0 bridgehead atoms. The molecule has 2 aromatic rings. The van der Waals surface area contributed by atoms with Crippen molar-refractivity contribution in [1.29, 1.82) is 0 Å². The van der Waals surface area contributed by atoms with Gasteiger partial charge in [-0.1, -0.05) is 44.0 Å². The molecule has 2 atom stereocenters. The molecule has 0 aromatic heterocycles. The third-order valence-electron chi connectivity index (χ3n) is 5.72. The molecule has 2 heterocycles. The van der Waals surface area contributed by atoms with Crippen molar-refractivity contribution in [1.82, 2.24) is 0 Å². The third kappa shape index (κ3) is 3.09. The van der Waals surface area contributed by atoms with Gasteiger partial charge in [-0.25, -0.2) is 0 Å². The van der Waals surface area contributed by atoms with Crippen LogP contribution in [0.4, 0.5) is 11.4 Å². The molecule has 0 fully saturated rings. The van der Waals surface area contributed by atoms with E-state index in [0.717, 1.165) is 34.9 Å². The van der Waals surface area contributed by atoms with E-state index in [1.54, 1.807) is 0 Å². The number of fused-ring (bicyclic) bond motifs is 2. The number of hydrogen-bond acceptors (Lipinski definition) is 3. The highest BCUT2D eigenvalue weighted by Crippen LogP contribution is 2.35. The number of carbonyl (C=O) groups is 1. The van der Waals surface area contributed by atoms with Gasteiger partial charge in [0.2, 0.25) is 0 Å². The van der Waals surface area contributed by atoms with Crippen molar-refractivity contribution in [2.24, 2.45) is 0 Å². The molecule has 0 amide bonds. The molecule has 3 nitrogen and oxygen atoms in total. The van der Waals surface area contributed by atoms with Crippen LogP contribution in [0.2, 0.25) is 0 Å². The van der Waals surface area contributed by atoms with E-state index in [9.17, 15) is 4.79 Å². The molecule has 2 unspecified atom stereocenters.